The minimum atomic E-state index is 0.734. The third kappa shape index (κ3) is 3.92. The molecule has 0 saturated carbocycles. The maximum Gasteiger partial charge on any atom is 0.191 e. The fourth-order valence-corrected chi connectivity index (χ4v) is 0.997. The standard InChI is InChI=1S/C9H13NO.C2H6/c1-4-8-6-9(5-2)11-7(3)10-8;1-2/h4-5H,6H2,1-3H3;1-2H3/b8-4+,9-5+;. The third-order valence-corrected chi connectivity index (χ3v) is 1.59. The van der Waals surface area contributed by atoms with Crippen molar-refractivity contribution in [2.45, 2.75) is 41.0 Å². The summed E-state index contributed by atoms with van der Waals surface area (Å²) in [4.78, 5) is 4.21. The molecule has 2 heteroatoms. The fraction of sp³-hybridized carbons (Fsp3) is 0.545. The molecule has 1 aliphatic rings. The van der Waals surface area contributed by atoms with Gasteiger partial charge >= 0.3 is 0 Å². The lowest BCUT2D eigenvalue weighted by molar-refractivity contribution is 0.383. The van der Waals surface area contributed by atoms with Crippen LogP contribution >= 0.6 is 0 Å². The van der Waals surface area contributed by atoms with Gasteiger partial charge in [-0.25, -0.2) is 4.99 Å². The van der Waals surface area contributed by atoms with Crippen LogP contribution in [0.1, 0.15) is 41.0 Å². The summed E-state index contributed by atoms with van der Waals surface area (Å²) in [6.07, 6.45) is 4.81. The minimum Gasteiger partial charge on any atom is -0.448 e. The zero-order chi connectivity index (χ0) is 10.3. The molecule has 0 radical (unpaired) electrons. The van der Waals surface area contributed by atoms with Crippen LogP contribution in [-0.4, -0.2) is 5.90 Å². The zero-order valence-corrected chi connectivity index (χ0v) is 9.22. The van der Waals surface area contributed by atoms with Gasteiger partial charge in [-0.05, 0) is 19.9 Å². The molecule has 0 aliphatic carbocycles. The maximum absolute atomic E-state index is 5.34. The Bertz CT molecular complexity index is 236. The molecule has 0 N–H and O–H groups in total. The molecule has 1 aliphatic heterocycles. The van der Waals surface area contributed by atoms with Crippen molar-refractivity contribution in [2.24, 2.45) is 4.99 Å². The van der Waals surface area contributed by atoms with Gasteiger partial charge in [0.05, 0.1) is 0 Å². The molecule has 0 aromatic heterocycles. The predicted octanol–water partition coefficient (Wildman–Crippen LogP) is 3.66. The van der Waals surface area contributed by atoms with E-state index in [2.05, 4.69) is 4.99 Å². The van der Waals surface area contributed by atoms with E-state index in [1.807, 2.05) is 46.8 Å². The van der Waals surface area contributed by atoms with Gasteiger partial charge in [-0.1, -0.05) is 19.9 Å². The van der Waals surface area contributed by atoms with Gasteiger partial charge in [-0.2, -0.15) is 0 Å². The van der Waals surface area contributed by atoms with Crippen LogP contribution < -0.4 is 0 Å². The van der Waals surface area contributed by atoms with Crippen LogP contribution in [0, 0.1) is 0 Å². The highest BCUT2D eigenvalue weighted by Gasteiger charge is 2.09. The van der Waals surface area contributed by atoms with Gasteiger partial charge in [0.25, 0.3) is 0 Å². The molecular formula is C11H19NO. The monoisotopic (exact) mass is 181 g/mol. The van der Waals surface area contributed by atoms with Gasteiger partial charge in [-0.15, -0.1) is 0 Å². The molecular weight excluding hydrogens is 162 g/mol. The summed E-state index contributed by atoms with van der Waals surface area (Å²) in [5, 5.41) is 0. The van der Waals surface area contributed by atoms with E-state index in [1.165, 1.54) is 0 Å². The Morgan fingerprint density at radius 2 is 1.85 bits per heavy atom. The molecule has 0 aromatic carbocycles. The molecule has 0 saturated heterocycles. The van der Waals surface area contributed by atoms with Crippen molar-refractivity contribution in [1.29, 1.82) is 0 Å². The van der Waals surface area contributed by atoms with Gasteiger partial charge in [0, 0.05) is 19.0 Å². The van der Waals surface area contributed by atoms with Crippen LogP contribution in [0.5, 0.6) is 0 Å². The van der Waals surface area contributed by atoms with E-state index >= 15 is 0 Å². The Labute approximate surface area is 81.0 Å². The van der Waals surface area contributed by atoms with Crippen LogP contribution in [-0.2, 0) is 4.74 Å². The Kier molecular flexibility index (Phi) is 5.94. The summed E-state index contributed by atoms with van der Waals surface area (Å²) in [7, 11) is 0. The second kappa shape index (κ2) is 6.46. The molecule has 13 heavy (non-hydrogen) atoms. The van der Waals surface area contributed by atoms with Crippen molar-refractivity contribution < 1.29 is 4.74 Å². The van der Waals surface area contributed by atoms with Crippen LogP contribution in [0.4, 0.5) is 0 Å². The topological polar surface area (TPSA) is 21.6 Å². The van der Waals surface area contributed by atoms with E-state index in [9.17, 15) is 0 Å². The largest absolute Gasteiger partial charge is 0.448 e. The second-order valence-corrected chi connectivity index (χ2v) is 2.44. The number of rotatable bonds is 0. The quantitative estimate of drug-likeness (QED) is 0.559. The molecule has 0 fully saturated rings. The summed E-state index contributed by atoms with van der Waals surface area (Å²) in [6.45, 7) is 9.83. The highest BCUT2D eigenvalue weighted by Crippen LogP contribution is 2.19. The van der Waals surface area contributed by atoms with Gasteiger partial charge in [0.2, 0.25) is 0 Å². The average molecular weight is 181 g/mol. The number of aliphatic imine (C=N–C) groups is 1. The van der Waals surface area contributed by atoms with Gasteiger partial charge in [0.15, 0.2) is 5.90 Å². The Morgan fingerprint density at radius 1 is 1.23 bits per heavy atom. The van der Waals surface area contributed by atoms with Crippen LogP contribution in [0.25, 0.3) is 0 Å². The number of hydrogen-bond donors (Lipinski definition) is 0. The summed E-state index contributed by atoms with van der Waals surface area (Å²) in [5.74, 6) is 1.73. The number of nitrogens with zero attached hydrogens (tertiary/aromatic N) is 1. The molecule has 0 atom stereocenters. The van der Waals surface area contributed by atoms with Crippen molar-refractivity contribution in [3.8, 4) is 0 Å². The lowest BCUT2D eigenvalue weighted by atomic mass is 10.2. The first-order valence-electron chi connectivity index (χ1n) is 4.79. The van der Waals surface area contributed by atoms with E-state index in [0.29, 0.717) is 0 Å². The minimum absolute atomic E-state index is 0.734. The van der Waals surface area contributed by atoms with Gasteiger partial charge in [-0.3, -0.25) is 0 Å². The SMILES string of the molecule is C/C=C1\C/C(=C\C)OC(C)=N1.CC. The molecule has 0 amide bonds. The smallest absolute Gasteiger partial charge is 0.191 e. The van der Waals surface area contributed by atoms with Crippen molar-refractivity contribution in [3.63, 3.8) is 0 Å². The molecule has 2 nitrogen and oxygen atoms in total. The Hall–Kier alpha value is -1.05. The summed E-state index contributed by atoms with van der Waals surface area (Å²) in [6, 6.07) is 0. The normalized spacial score (nSPS) is 21.8. The van der Waals surface area contributed by atoms with Crippen LogP contribution in [0.3, 0.4) is 0 Å². The molecule has 74 valence electrons. The van der Waals surface area contributed by atoms with E-state index < -0.39 is 0 Å². The number of ether oxygens (including phenoxy) is 1. The lowest BCUT2D eigenvalue weighted by Gasteiger charge is -2.15. The third-order valence-electron chi connectivity index (χ3n) is 1.59. The van der Waals surface area contributed by atoms with E-state index in [-0.39, 0.29) is 0 Å². The van der Waals surface area contributed by atoms with E-state index in [4.69, 9.17) is 4.74 Å². The van der Waals surface area contributed by atoms with E-state index in [1.54, 1.807) is 0 Å². The van der Waals surface area contributed by atoms with Crippen LogP contribution in [0.15, 0.2) is 28.6 Å². The van der Waals surface area contributed by atoms with Crippen LogP contribution in [0.2, 0.25) is 0 Å². The molecule has 0 spiro atoms. The summed E-state index contributed by atoms with van der Waals surface area (Å²) < 4.78 is 5.34. The first-order valence-corrected chi connectivity index (χ1v) is 4.79. The number of allylic oxidation sites excluding steroid dienone is 2. The second-order valence-electron chi connectivity index (χ2n) is 2.44. The highest BCUT2D eigenvalue weighted by molar-refractivity contribution is 5.76. The zero-order valence-electron chi connectivity index (χ0n) is 9.22. The lowest BCUT2D eigenvalue weighted by Crippen LogP contribution is -2.06. The summed E-state index contributed by atoms with van der Waals surface area (Å²) in [5.41, 5.74) is 1.09. The predicted molar refractivity (Wildman–Crippen MR) is 57.7 cm³/mol. The fourth-order valence-electron chi connectivity index (χ4n) is 0.997. The highest BCUT2D eigenvalue weighted by atomic mass is 16.5. The first-order chi connectivity index (χ1) is 6.26. The Balaban J connectivity index is 0.000000671. The summed E-state index contributed by atoms with van der Waals surface area (Å²) >= 11 is 0. The van der Waals surface area contributed by atoms with E-state index in [0.717, 1.165) is 23.8 Å². The van der Waals surface area contributed by atoms with Crippen molar-refractivity contribution in [2.75, 3.05) is 0 Å². The molecule has 0 bridgehead atoms. The van der Waals surface area contributed by atoms with Gasteiger partial charge < -0.3 is 4.74 Å². The van der Waals surface area contributed by atoms with Gasteiger partial charge in [0.1, 0.15) is 5.76 Å². The van der Waals surface area contributed by atoms with Crippen molar-refractivity contribution in [1.82, 2.24) is 0 Å². The number of hydrogen-bond acceptors (Lipinski definition) is 2. The molecule has 0 unspecified atom stereocenters. The first kappa shape index (κ1) is 11.9. The molecule has 1 rings (SSSR count). The molecule has 0 aromatic rings. The van der Waals surface area contributed by atoms with Crippen molar-refractivity contribution >= 4 is 5.90 Å². The molecule has 1 heterocycles. The van der Waals surface area contributed by atoms with Crippen molar-refractivity contribution in [3.05, 3.63) is 23.6 Å². The maximum atomic E-state index is 5.34. The Morgan fingerprint density at radius 3 is 2.31 bits per heavy atom. The average Bonchev–Trinajstić information content (AvgIpc) is 2.20.